The van der Waals surface area contributed by atoms with Crippen molar-refractivity contribution in [2.45, 2.75) is 12.8 Å². The van der Waals surface area contributed by atoms with E-state index < -0.39 is 5.92 Å². The number of para-hydroxylation sites is 1. The fourth-order valence-electron chi connectivity index (χ4n) is 4.00. The topological polar surface area (TPSA) is 71.8 Å². The van der Waals surface area contributed by atoms with Crippen LogP contribution in [0.1, 0.15) is 22.6 Å². The second-order valence-corrected chi connectivity index (χ2v) is 8.59. The summed E-state index contributed by atoms with van der Waals surface area (Å²) in [6.45, 7) is 1.96. The molecule has 6 nitrogen and oxygen atoms in total. The Balaban J connectivity index is 1.36. The number of rotatable bonds is 5. The third kappa shape index (κ3) is 4.95. The summed E-state index contributed by atoms with van der Waals surface area (Å²) >= 11 is 5.51. The Morgan fingerprint density at radius 2 is 1.31 bits per heavy atom. The molecule has 0 spiro atoms. The van der Waals surface area contributed by atoms with Gasteiger partial charge in [0.2, 0.25) is 5.91 Å². The van der Waals surface area contributed by atoms with Gasteiger partial charge in [0.1, 0.15) is 11.0 Å². The molecule has 0 aliphatic carbocycles. The number of nitrogens with one attached hydrogen (secondary N) is 2. The largest absolute Gasteiger partial charge is 0.332 e. The molecule has 1 amide bonds. The summed E-state index contributed by atoms with van der Waals surface area (Å²) in [5, 5.41) is 15.4. The molecule has 0 radical (unpaired) electrons. The fourth-order valence-corrected chi connectivity index (χ4v) is 4.21. The predicted octanol–water partition coefficient (Wildman–Crippen LogP) is 5.37. The average molecular weight is 478 g/mol. The molecule has 5 aromatic rings. The Morgan fingerprint density at radius 1 is 0.800 bits per heavy atom. The SMILES string of the molecule is Cc1cc2nn(-c3ccccc3)nc2cc1NC(=S)NC(=O)C(c1ccccc1)c1ccccc1. The molecule has 172 valence electrons. The minimum absolute atomic E-state index is 0.200. The van der Waals surface area contributed by atoms with Gasteiger partial charge in [-0.2, -0.15) is 4.80 Å². The normalized spacial score (nSPS) is 10.9. The van der Waals surface area contributed by atoms with Crippen LogP contribution in [0, 0.1) is 6.92 Å². The molecule has 0 atom stereocenters. The second kappa shape index (κ2) is 9.87. The van der Waals surface area contributed by atoms with Gasteiger partial charge in [-0.25, -0.2) is 0 Å². The van der Waals surface area contributed by atoms with E-state index in [1.807, 2.05) is 110 Å². The Bertz CT molecular complexity index is 1440. The van der Waals surface area contributed by atoms with Crippen LogP contribution in [-0.4, -0.2) is 26.0 Å². The highest BCUT2D eigenvalue weighted by Gasteiger charge is 2.23. The maximum atomic E-state index is 13.3. The van der Waals surface area contributed by atoms with Crippen molar-refractivity contribution in [3.63, 3.8) is 0 Å². The van der Waals surface area contributed by atoms with Gasteiger partial charge in [0.25, 0.3) is 0 Å². The van der Waals surface area contributed by atoms with E-state index in [-0.39, 0.29) is 11.0 Å². The Hall–Kier alpha value is -4.36. The van der Waals surface area contributed by atoms with Crippen LogP contribution in [0.3, 0.4) is 0 Å². The number of benzene rings is 4. The van der Waals surface area contributed by atoms with E-state index in [9.17, 15) is 4.79 Å². The number of carbonyl (C=O) groups excluding carboxylic acids is 1. The van der Waals surface area contributed by atoms with Crippen molar-refractivity contribution in [3.05, 3.63) is 120 Å². The van der Waals surface area contributed by atoms with Crippen molar-refractivity contribution in [1.29, 1.82) is 0 Å². The van der Waals surface area contributed by atoms with Crippen LogP contribution in [-0.2, 0) is 4.79 Å². The second-order valence-electron chi connectivity index (χ2n) is 8.18. The first-order chi connectivity index (χ1) is 17.1. The minimum atomic E-state index is -0.480. The lowest BCUT2D eigenvalue weighted by Crippen LogP contribution is -2.38. The van der Waals surface area contributed by atoms with Gasteiger partial charge in [-0.05, 0) is 60.1 Å². The quantitative estimate of drug-likeness (QED) is 0.333. The van der Waals surface area contributed by atoms with Crippen LogP contribution in [0.15, 0.2) is 103 Å². The van der Waals surface area contributed by atoms with Gasteiger partial charge in [-0.3, -0.25) is 4.79 Å². The third-order valence-electron chi connectivity index (χ3n) is 5.73. The maximum absolute atomic E-state index is 13.3. The standard InChI is InChI=1S/C28H23N5OS/c1-19-17-24-25(32-33(31-24)22-15-9-4-10-16-22)18-23(19)29-28(35)30-27(34)26(20-11-5-2-6-12-20)21-13-7-3-8-14-21/h2-18,26H,1H3,(H2,29,30,34,35). The zero-order chi connectivity index (χ0) is 24.2. The molecule has 0 saturated carbocycles. The predicted molar refractivity (Wildman–Crippen MR) is 143 cm³/mol. The zero-order valence-corrected chi connectivity index (χ0v) is 19.9. The molecule has 0 aliphatic rings. The zero-order valence-electron chi connectivity index (χ0n) is 19.1. The highest BCUT2D eigenvalue weighted by molar-refractivity contribution is 7.80. The van der Waals surface area contributed by atoms with Crippen LogP contribution in [0.25, 0.3) is 16.7 Å². The van der Waals surface area contributed by atoms with Gasteiger partial charge in [-0.1, -0.05) is 78.9 Å². The molecule has 1 heterocycles. The van der Waals surface area contributed by atoms with Gasteiger partial charge in [0.15, 0.2) is 5.11 Å². The number of aryl methyl sites for hydroxylation is 1. The van der Waals surface area contributed by atoms with Crippen molar-refractivity contribution in [3.8, 4) is 5.69 Å². The van der Waals surface area contributed by atoms with Gasteiger partial charge < -0.3 is 10.6 Å². The summed E-state index contributed by atoms with van der Waals surface area (Å²) in [4.78, 5) is 14.9. The highest BCUT2D eigenvalue weighted by atomic mass is 32.1. The van der Waals surface area contributed by atoms with Crippen LogP contribution in [0.2, 0.25) is 0 Å². The Labute approximate surface area is 208 Å². The van der Waals surface area contributed by atoms with Crippen molar-refractivity contribution >= 4 is 40.0 Å². The van der Waals surface area contributed by atoms with Gasteiger partial charge in [0, 0.05) is 5.69 Å². The summed E-state index contributed by atoms with van der Waals surface area (Å²) < 4.78 is 0. The van der Waals surface area contributed by atoms with Crippen LogP contribution in [0.5, 0.6) is 0 Å². The molecule has 0 unspecified atom stereocenters. The molecular formula is C28H23N5OS. The lowest BCUT2D eigenvalue weighted by molar-refractivity contribution is -0.120. The number of carbonyl (C=O) groups is 1. The Kier molecular flexibility index (Phi) is 6.32. The van der Waals surface area contributed by atoms with Crippen molar-refractivity contribution in [2.75, 3.05) is 5.32 Å². The smallest absolute Gasteiger partial charge is 0.238 e. The van der Waals surface area contributed by atoms with E-state index in [0.717, 1.165) is 39.1 Å². The molecule has 0 fully saturated rings. The first-order valence-corrected chi connectivity index (χ1v) is 11.6. The molecule has 4 aromatic carbocycles. The fraction of sp³-hybridized carbons (Fsp3) is 0.0714. The van der Waals surface area contributed by atoms with Crippen LogP contribution < -0.4 is 10.6 Å². The number of thiocarbonyl (C=S) groups is 1. The van der Waals surface area contributed by atoms with Gasteiger partial charge in [-0.15, -0.1) is 10.2 Å². The van der Waals surface area contributed by atoms with Crippen LogP contribution in [0.4, 0.5) is 5.69 Å². The molecule has 2 N–H and O–H groups in total. The van der Waals surface area contributed by atoms with Gasteiger partial charge in [0.05, 0.1) is 11.6 Å². The summed E-state index contributed by atoms with van der Waals surface area (Å²) in [6, 6.07) is 32.9. The Morgan fingerprint density at radius 3 is 1.89 bits per heavy atom. The van der Waals surface area contributed by atoms with Gasteiger partial charge >= 0.3 is 0 Å². The molecule has 0 bridgehead atoms. The summed E-state index contributed by atoms with van der Waals surface area (Å²) in [5.74, 6) is -0.680. The minimum Gasteiger partial charge on any atom is -0.332 e. The van der Waals surface area contributed by atoms with E-state index in [4.69, 9.17) is 12.2 Å². The summed E-state index contributed by atoms with van der Waals surface area (Å²) in [6.07, 6.45) is 0. The number of anilines is 1. The number of hydrogen-bond donors (Lipinski definition) is 2. The molecule has 5 rings (SSSR count). The van der Waals surface area contributed by atoms with Crippen LogP contribution >= 0.6 is 12.2 Å². The molecular weight excluding hydrogens is 454 g/mol. The molecule has 35 heavy (non-hydrogen) atoms. The first-order valence-electron chi connectivity index (χ1n) is 11.2. The van der Waals surface area contributed by atoms with E-state index in [1.165, 1.54) is 0 Å². The van der Waals surface area contributed by atoms with E-state index in [2.05, 4.69) is 20.8 Å². The monoisotopic (exact) mass is 477 g/mol. The van der Waals surface area contributed by atoms with Crippen molar-refractivity contribution in [2.24, 2.45) is 0 Å². The number of aromatic nitrogens is 3. The maximum Gasteiger partial charge on any atom is 0.238 e. The summed E-state index contributed by atoms with van der Waals surface area (Å²) in [7, 11) is 0. The molecule has 0 saturated heterocycles. The lowest BCUT2D eigenvalue weighted by atomic mass is 9.90. The molecule has 1 aromatic heterocycles. The van der Waals surface area contributed by atoms with Crippen molar-refractivity contribution in [1.82, 2.24) is 20.3 Å². The third-order valence-corrected chi connectivity index (χ3v) is 5.93. The average Bonchev–Trinajstić information content (AvgIpc) is 3.29. The van der Waals surface area contributed by atoms with Crippen molar-refractivity contribution < 1.29 is 4.79 Å². The first kappa shape index (κ1) is 22.4. The molecule has 0 aliphatic heterocycles. The number of amides is 1. The summed E-state index contributed by atoms with van der Waals surface area (Å²) in [5.41, 5.74) is 5.88. The number of nitrogens with zero attached hydrogens (tertiary/aromatic N) is 3. The van der Waals surface area contributed by atoms with E-state index in [0.29, 0.717) is 0 Å². The number of hydrogen-bond acceptors (Lipinski definition) is 4. The lowest BCUT2D eigenvalue weighted by Gasteiger charge is -2.19. The molecule has 7 heteroatoms. The highest BCUT2D eigenvalue weighted by Crippen LogP contribution is 2.25. The van der Waals surface area contributed by atoms with E-state index in [1.54, 1.807) is 4.80 Å². The number of fused-ring (bicyclic) bond motifs is 1. The van der Waals surface area contributed by atoms with E-state index >= 15 is 0 Å².